The summed E-state index contributed by atoms with van der Waals surface area (Å²) in [4.78, 5) is 21.9. The number of nitrogens with one attached hydrogen (secondary N) is 2. The molecule has 1 aromatic rings. The van der Waals surface area contributed by atoms with E-state index in [0.717, 1.165) is 0 Å². The van der Waals surface area contributed by atoms with Crippen molar-refractivity contribution >= 4 is 34.6 Å². The lowest BCUT2D eigenvalue weighted by Gasteiger charge is -2.10. The molecule has 1 aromatic carbocycles. The van der Waals surface area contributed by atoms with Crippen molar-refractivity contribution in [1.29, 1.82) is 0 Å². The van der Waals surface area contributed by atoms with Gasteiger partial charge in [0.05, 0.1) is 4.92 Å². The van der Waals surface area contributed by atoms with Crippen molar-refractivity contribution in [3.05, 3.63) is 33.9 Å². The van der Waals surface area contributed by atoms with Gasteiger partial charge in [-0.25, -0.2) is 0 Å². The van der Waals surface area contributed by atoms with Gasteiger partial charge < -0.3 is 10.6 Å². The van der Waals surface area contributed by atoms with Crippen LogP contribution >= 0.6 is 12.2 Å². The molecule has 0 heterocycles. The standard InChI is InChI=1S/C13H17N3O3S/c1-8(2)6-12(17)15-13(20)14-10-5-4-9(3)11(7-10)16(18)19/h4-5,7-8H,6H2,1-3H3,(H2,14,15,17,20). The minimum Gasteiger partial charge on any atom is -0.332 e. The molecule has 0 fully saturated rings. The summed E-state index contributed by atoms with van der Waals surface area (Å²) < 4.78 is 0. The highest BCUT2D eigenvalue weighted by Crippen LogP contribution is 2.22. The van der Waals surface area contributed by atoms with E-state index in [1.165, 1.54) is 6.07 Å². The van der Waals surface area contributed by atoms with Gasteiger partial charge in [0.25, 0.3) is 5.69 Å². The van der Waals surface area contributed by atoms with E-state index in [2.05, 4.69) is 10.6 Å². The summed E-state index contributed by atoms with van der Waals surface area (Å²) in [6, 6.07) is 4.68. The molecule has 0 aliphatic heterocycles. The fraction of sp³-hybridized carbons (Fsp3) is 0.385. The van der Waals surface area contributed by atoms with Crippen LogP contribution in [0.5, 0.6) is 0 Å². The van der Waals surface area contributed by atoms with Crippen LogP contribution in [0, 0.1) is 23.0 Å². The highest BCUT2D eigenvalue weighted by Gasteiger charge is 2.12. The Balaban J connectivity index is 2.69. The summed E-state index contributed by atoms with van der Waals surface area (Å²) >= 11 is 4.99. The largest absolute Gasteiger partial charge is 0.332 e. The first-order valence-electron chi connectivity index (χ1n) is 6.15. The maximum Gasteiger partial charge on any atom is 0.274 e. The van der Waals surface area contributed by atoms with Crippen LogP contribution in [0.1, 0.15) is 25.8 Å². The summed E-state index contributed by atoms with van der Waals surface area (Å²) in [7, 11) is 0. The van der Waals surface area contributed by atoms with Crippen LogP contribution in [0.2, 0.25) is 0 Å². The van der Waals surface area contributed by atoms with E-state index < -0.39 is 4.92 Å². The van der Waals surface area contributed by atoms with Crippen molar-refractivity contribution in [1.82, 2.24) is 5.32 Å². The monoisotopic (exact) mass is 295 g/mol. The van der Waals surface area contributed by atoms with E-state index in [1.54, 1.807) is 19.1 Å². The van der Waals surface area contributed by atoms with E-state index >= 15 is 0 Å². The number of carbonyl (C=O) groups is 1. The topological polar surface area (TPSA) is 84.3 Å². The summed E-state index contributed by atoms with van der Waals surface area (Å²) in [5, 5.41) is 16.3. The molecule has 6 nitrogen and oxygen atoms in total. The van der Waals surface area contributed by atoms with Gasteiger partial charge in [-0.15, -0.1) is 0 Å². The van der Waals surface area contributed by atoms with Crippen molar-refractivity contribution in [2.24, 2.45) is 5.92 Å². The molecule has 0 bridgehead atoms. The van der Waals surface area contributed by atoms with Crippen LogP contribution in [0.4, 0.5) is 11.4 Å². The molecule has 0 aromatic heterocycles. The normalized spacial score (nSPS) is 10.2. The summed E-state index contributed by atoms with van der Waals surface area (Å²) in [6.07, 6.45) is 0.371. The third-order valence-electron chi connectivity index (χ3n) is 2.51. The number of amides is 1. The molecule has 0 saturated carbocycles. The quantitative estimate of drug-likeness (QED) is 0.507. The van der Waals surface area contributed by atoms with Crippen LogP contribution in [0.15, 0.2) is 18.2 Å². The van der Waals surface area contributed by atoms with Crippen molar-refractivity contribution in [3.63, 3.8) is 0 Å². The van der Waals surface area contributed by atoms with E-state index in [-0.39, 0.29) is 22.6 Å². The van der Waals surface area contributed by atoms with Gasteiger partial charge in [0, 0.05) is 23.7 Å². The fourth-order valence-electron chi connectivity index (χ4n) is 1.59. The first-order valence-corrected chi connectivity index (χ1v) is 6.56. The van der Waals surface area contributed by atoms with Crippen molar-refractivity contribution in [2.75, 3.05) is 5.32 Å². The SMILES string of the molecule is Cc1ccc(NC(=S)NC(=O)CC(C)C)cc1[N+](=O)[O-]. The molecule has 0 atom stereocenters. The maximum absolute atomic E-state index is 11.5. The minimum absolute atomic E-state index is 0.00584. The van der Waals surface area contributed by atoms with E-state index in [1.807, 2.05) is 13.8 Å². The van der Waals surface area contributed by atoms with E-state index in [9.17, 15) is 14.9 Å². The molecule has 0 aliphatic carbocycles. The number of hydrogen-bond donors (Lipinski definition) is 2. The lowest BCUT2D eigenvalue weighted by Crippen LogP contribution is -2.34. The average molecular weight is 295 g/mol. The number of nitro benzene ring substituents is 1. The third-order valence-corrected chi connectivity index (χ3v) is 2.71. The lowest BCUT2D eigenvalue weighted by molar-refractivity contribution is -0.385. The number of anilines is 1. The number of nitrogens with zero attached hydrogens (tertiary/aromatic N) is 1. The molecule has 2 N–H and O–H groups in total. The number of benzene rings is 1. The number of nitro groups is 1. The second kappa shape index (κ2) is 6.95. The fourth-order valence-corrected chi connectivity index (χ4v) is 1.83. The van der Waals surface area contributed by atoms with Crippen molar-refractivity contribution in [2.45, 2.75) is 27.2 Å². The van der Waals surface area contributed by atoms with Gasteiger partial charge in [-0.2, -0.15) is 0 Å². The molecule has 0 aliphatic rings. The lowest BCUT2D eigenvalue weighted by atomic mass is 10.1. The first-order chi connectivity index (χ1) is 9.29. The van der Waals surface area contributed by atoms with Gasteiger partial charge in [0.1, 0.15) is 0 Å². The van der Waals surface area contributed by atoms with Crippen LogP contribution in [-0.2, 0) is 4.79 Å². The molecule has 108 valence electrons. The summed E-state index contributed by atoms with van der Waals surface area (Å²) in [5.74, 6) is 0.0531. The van der Waals surface area contributed by atoms with Gasteiger partial charge in [0.2, 0.25) is 5.91 Å². The van der Waals surface area contributed by atoms with Crippen molar-refractivity contribution < 1.29 is 9.72 Å². The molecule has 0 spiro atoms. The van der Waals surface area contributed by atoms with Gasteiger partial charge >= 0.3 is 0 Å². The highest BCUT2D eigenvalue weighted by atomic mass is 32.1. The van der Waals surface area contributed by atoms with Crippen LogP contribution in [0.3, 0.4) is 0 Å². The number of carbonyl (C=O) groups excluding carboxylic acids is 1. The van der Waals surface area contributed by atoms with Crippen LogP contribution in [-0.4, -0.2) is 15.9 Å². The Bertz CT molecular complexity index is 544. The van der Waals surface area contributed by atoms with E-state index in [4.69, 9.17) is 12.2 Å². The molecule has 1 amide bonds. The van der Waals surface area contributed by atoms with Crippen LogP contribution < -0.4 is 10.6 Å². The molecule has 20 heavy (non-hydrogen) atoms. The molecule has 0 unspecified atom stereocenters. The van der Waals surface area contributed by atoms with Crippen molar-refractivity contribution in [3.8, 4) is 0 Å². The zero-order valence-corrected chi connectivity index (χ0v) is 12.4. The maximum atomic E-state index is 11.5. The molecular weight excluding hydrogens is 278 g/mol. The Kier molecular flexibility index (Phi) is 5.57. The molecule has 0 saturated heterocycles. The Morgan fingerprint density at radius 1 is 1.45 bits per heavy atom. The predicted octanol–water partition coefficient (Wildman–Crippen LogP) is 2.76. The average Bonchev–Trinajstić information content (AvgIpc) is 2.29. The third kappa shape index (κ3) is 4.93. The number of thiocarbonyl (C=S) groups is 1. The van der Waals surface area contributed by atoms with Gasteiger partial charge in [-0.1, -0.05) is 19.9 Å². The zero-order chi connectivity index (χ0) is 15.3. The summed E-state index contributed by atoms with van der Waals surface area (Å²) in [5.41, 5.74) is 1.04. The Morgan fingerprint density at radius 2 is 2.10 bits per heavy atom. The second-order valence-electron chi connectivity index (χ2n) is 4.86. The smallest absolute Gasteiger partial charge is 0.274 e. The zero-order valence-electron chi connectivity index (χ0n) is 11.6. The van der Waals surface area contributed by atoms with Gasteiger partial charge in [-0.3, -0.25) is 14.9 Å². The summed E-state index contributed by atoms with van der Waals surface area (Å²) in [6.45, 7) is 5.52. The highest BCUT2D eigenvalue weighted by molar-refractivity contribution is 7.80. The number of rotatable bonds is 4. The molecule has 0 radical (unpaired) electrons. The van der Waals surface area contributed by atoms with Crippen LogP contribution in [0.25, 0.3) is 0 Å². The number of hydrogen-bond acceptors (Lipinski definition) is 4. The minimum atomic E-state index is -0.457. The Morgan fingerprint density at radius 3 is 2.65 bits per heavy atom. The first kappa shape index (κ1) is 16.0. The molecule has 1 rings (SSSR count). The van der Waals surface area contributed by atoms with E-state index in [0.29, 0.717) is 17.7 Å². The van der Waals surface area contributed by atoms with Gasteiger partial charge in [-0.05, 0) is 31.1 Å². The Labute approximate surface area is 122 Å². The predicted molar refractivity (Wildman–Crippen MR) is 81.7 cm³/mol. The molecule has 7 heteroatoms. The second-order valence-corrected chi connectivity index (χ2v) is 5.27. The number of aryl methyl sites for hydroxylation is 1. The van der Waals surface area contributed by atoms with Gasteiger partial charge in [0.15, 0.2) is 5.11 Å². The molecular formula is C13H17N3O3S. The Hall–Kier alpha value is -2.02.